The summed E-state index contributed by atoms with van der Waals surface area (Å²) < 4.78 is 4.89. The van der Waals surface area contributed by atoms with Crippen LogP contribution in [-0.2, 0) is 16.0 Å². The van der Waals surface area contributed by atoms with E-state index in [9.17, 15) is 4.79 Å². The Morgan fingerprint density at radius 1 is 1.27 bits per heavy atom. The van der Waals surface area contributed by atoms with Gasteiger partial charge in [0.05, 0.1) is 13.0 Å². The van der Waals surface area contributed by atoms with Gasteiger partial charge in [-0.15, -0.1) is 0 Å². The second-order valence-corrected chi connectivity index (χ2v) is 7.27. The standard InChI is InChI=1S/C21H31N3O2/c1-3-22-21(24-13-11-17(12-14-24)20(25)26-2)23-15-18-9-6-8-16-7-4-5-10-19(16)18/h4-5,7,10,17-18H,3,6,8-9,11-15H2,1-2H3,(H,22,23). The number of nitrogens with zero attached hydrogens (tertiary/aromatic N) is 2. The zero-order valence-electron chi connectivity index (χ0n) is 16.0. The molecule has 1 atom stereocenters. The van der Waals surface area contributed by atoms with Gasteiger partial charge in [-0.25, -0.2) is 0 Å². The average molecular weight is 357 g/mol. The van der Waals surface area contributed by atoms with Gasteiger partial charge in [0, 0.05) is 32.1 Å². The predicted octanol–water partition coefficient (Wildman–Crippen LogP) is 2.96. The molecule has 1 saturated heterocycles. The summed E-state index contributed by atoms with van der Waals surface area (Å²) in [7, 11) is 1.47. The zero-order chi connectivity index (χ0) is 18.4. The number of nitrogens with one attached hydrogen (secondary N) is 1. The highest BCUT2D eigenvalue weighted by Gasteiger charge is 2.27. The minimum atomic E-state index is -0.0783. The Hall–Kier alpha value is -2.04. The zero-order valence-corrected chi connectivity index (χ0v) is 16.0. The minimum absolute atomic E-state index is 0.0318. The molecule has 1 heterocycles. The van der Waals surface area contributed by atoms with E-state index in [1.807, 2.05) is 0 Å². The van der Waals surface area contributed by atoms with Crippen LogP contribution in [0.4, 0.5) is 0 Å². The van der Waals surface area contributed by atoms with Gasteiger partial charge in [-0.1, -0.05) is 24.3 Å². The van der Waals surface area contributed by atoms with Gasteiger partial charge in [-0.05, 0) is 50.2 Å². The number of aliphatic imine (C=N–C) groups is 1. The Morgan fingerprint density at radius 3 is 2.77 bits per heavy atom. The van der Waals surface area contributed by atoms with E-state index in [-0.39, 0.29) is 11.9 Å². The number of rotatable bonds is 4. The molecule has 0 saturated carbocycles. The highest BCUT2D eigenvalue weighted by atomic mass is 16.5. The quantitative estimate of drug-likeness (QED) is 0.511. The van der Waals surface area contributed by atoms with Crippen LogP contribution in [-0.4, -0.2) is 50.1 Å². The number of methoxy groups -OCH3 is 1. The molecule has 1 fully saturated rings. The number of aryl methyl sites for hydroxylation is 1. The van der Waals surface area contributed by atoms with E-state index >= 15 is 0 Å². The third-order valence-electron chi connectivity index (χ3n) is 5.62. The molecule has 2 aliphatic rings. The summed E-state index contributed by atoms with van der Waals surface area (Å²) in [5, 5.41) is 3.43. The number of ether oxygens (including phenoxy) is 1. The number of hydrogen-bond acceptors (Lipinski definition) is 3. The number of likely N-dealkylation sites (tertiary alicyclic amines) is 1. The molecule has 0 bridgehead atoms. The van der Waals surface area contributed by atoms with Crippen molar-refractivity contribution in [3.63, 3.8) is 0 Å². The van der Waals surface area contributed by atoms with Crippen molar-refractivity contribution < 1.29 is 9.53 Å². The van der Waals surface area contributed by atoms with E-state index in [0.717, 1.165) is 45.0 Å². The van der Waals surface area contributed by atoms with Gasteiger partial charge in [-0.2, -0.15) is 0 Å². The lowest BCUT2D eigenvalue weighted by atomic mass is 9.83. The summed E-state index contributed by atoms with van der Waals surface area (Å²) in [5.41, 5.74) is 2.96. The van der Waals surface area contributed by atoms with Crippen LogP contribution in [0.2, 0.25) is 0 Å². The SMILES string of the molecule is CCNC(=NCC1CCCc2ccccc21)N1CCC(C(=O)OC)CC1. The Labute approximate surface area is 156 Å². The molecule has 0 aromatic heterocycles. The first-order chi connectivity index (χ1) is 12.7. The van der Waals surface area contributed by atoms with E-state index in [1.54, 1.807) is 0 Å². The minimum Gasteiger partial charge on any atom is -0.469 e. The van der Waals surface area contributed by atoms with Crippen LogP contribution >= 0.6 is 0 Å². The second-order valence-electron chi connectivity index (χ2n) is 7.27. The van der Waals surface area contributed by atoms with E-state index in [0.29, 0.717) is 5.92 Å². The van der Waals surface area contributed by atoms with Gasteiger partial charge in [-0.3, -0.25) is 9.79 Å². The normalized spacial score (nSPS) is 21.2. The van der Waals surface area contributed by atoms with Gasteiger partial charge in [0.1, 0.15) is 0 Å². The van der Waals surface area contributed by atoms with Crippen molar-refractivity contribution >= 4 is 11.9 Å². The summed E-state index contributed by atoms with van der Waals surface area (Å²) in [6.07, 6.45) is 5.33. The number of guanidine groups is 1. The maximum Gasteiger partial charge on any atom is 0.308 e. The fourth-order valence-corrected chi connectivity index (χ4v) is 4.16. The van der Waals surface area contributed by atoms with E-state index in [2.05, 4.69) is 41.4 Å². The van der Waals surface area contributed by atoms with Crippen molar-refractivity contribution in [2.45, 2.75) is 44.9 Å². The molecule has 0 amide bonds. The average Bonchev–Trinajstić information content (AvgIpc) is 2.70. The fourth-order valence-electron chi connectivity index (χ4n) is 4.16. The highest BCUT2D eigenvalue weighted by molar-refractivity contribution is 5.80. The monoisotopic (exact) mass is 357 g/mol. The van der Waals surface area contributed by atoms with Gasteiger partial charge >= 0.3 is 5.97 Å². The van der Waals surface area contributed by atoms with Gasteiger partial charge in [0.2, 0.25) is 0 Å². The molecule has 1 aliphatic carbocycles. The fraction of sp³-hybridized carbons (Fsp3) is 0.619. The number of benzene rings is 1. The van der Waals surface area contributed by atoms with E-state index in [1.165, 1.54) is 37.5 Å². The van der Waals surface area contributed by atoms with Crippen LogP contribution < -0.4 is 5.32 Å². The lowest BCUT2D eigenvalue weighted by molar-refractivity contribution is -0.146. The summed E-state index contributed by atoms with van der Waals surface area (Å²) >= 11 is 0. The second kappa shape index (κ2) is 9.06. The third-order valence-corrected chi connectivity index (χ3v) is 5.62. The van der Waals surface area contributed by atoms with E-state index < -0.39 is 0 Å². The number of esters is 1. The van der Waals surface area contributed by atoms with Crippen molar-refractivity contribution in [3.8, 4) is 0 Å². The molecule has 26 heavy (non-hydrogen) atoms. The smallest absolute Gasteiger partial charge is 0.308 e. The number of piperidine rings is 1. The Bertz CT molecular complexity index is 636. The van der Waals surface area contributed by atoms with Crippen molar-refractivity contribution in [2.75, 3.05) is 33.3 Å². The number of carbonyl (C=O) groups excluding carboxylic acids is 1. The maximum absolute atomic E-state index is 11.7. The molecule has 1 N–H and O–H groups in total. The predicted molar refractivity (Wildman–Crippen MR) is 104 cm³/mol. The topological polar surface area (TPSA) is 53.9 Å². The summed E-state index contributed by atoms with van der Waals surface area (Å²) in [6.45, 7) is 5.50. The van der Waals surface area contributed by atoms with Crippen LogP contribution in [0.3, 0.4) is 0 Å². The van der Waals surface area contributed by atoms with Crippen molar-refractivity contribution in [1.82, 2.24) is 10.2 Å². The van der Waals surface area contributed by atoms with Gasteiger partial charge in [0.25, 0.3) is 0 Å². The van der Waals surface area contributed by atoms with Crippen LogP contribution in [0, 0.1) is 5.92 Å². The van der Waals surface area contributed by atoms with Crippen LogP contribution in [0.15, 0.2) is 29.3 Å². The molecule has 5 nitrogen and oxygen atoms in total. The maximum atomic E-state index is 11.7. The molecule has 1 aliphatic heterocycles. The highest BCUT2D eigenvalue weighted by Crippen LogP contribution is 2.31. The summed E-state index contributed by atoms with van der Waals surface area (Å²) in [5.74, 6) is 1.45. The van der Waals surface area contributed by atoms with Crippen LogP contribution in [0.5, 0.6) is 0 Å². The van der Waals surface area contributed by atoms with Crippen molar-refractivity contribution in [3.05, 3.63) is 35.4 Å². The molecule has 142 valence electrons. The van der Waals surface area contributed by atoms with Gasteiger partial charge in [0.15, 0.2) is 5.96 Å². The molecule has 0 spiro atoms. The lowest BCUT2D eigenvalue weighted by Gasteiger charge is -2.33. The molecule has 1 aromatic carbocycles. The lowest BCUT2D eigenvalue weighted by Crippen LogP contribution is -2.46. The molecule has 3 rings (SSSR count). The van der Waals surface area contributed by atoms with Crippen molar-refractivity contribution in [1.29, 1.82) is 0 Å². The Kier molecular flexibility index (Phi) is 6.53. The molecule has 1 aromatic rings. The molecule has 1 unspecified atom stereocenters. The molecular formula is C21H31N3O2. The van der Waals surface area contributed by atoms with Crippen LogP contribution in [0.25, 0.3) is 0 Å². The summed E-state index contributed by atoms with van der Waals surface area (Å²) in [4.78, 5) is 19.0. The third kappa shape index (κ3) is 4.37. The Morgan fingerprint density at radius 2 is 2.04 bits per heavy atom. The van der Waals surface area contributed by atoms with Crippen LogP contribution in [0.1, 0.15) is 49.7 Å². The summed E-state index contributed by atoms with van der Waals surface area (Å²) in [6, 6.07) is 8.81. The Balaban J connectivity index is 1.64. The van der Waals surface area contributed by atoms with E-state index in [4.69, 9.17) is 9.73 Å². The largest absolute Gasteiger partial charge is 0.469 e. The molecular weight excluding hydrogens is 326 g/mol. The molecule has 5 heteroatoms. The number of fused-ring (bicyclic) bond motifs is 1. The first-order valence-electron chi connectivity index (χ1n) is 9.91. The molecule has 0 radical (unpaired) electrons. The van der Waals surface area contributed by atoms with Crippen molar-refractivity contribution in [2.24, 2.45) is 10.9 Å². The number of carbonyl (C=O) groups is 1. The number of hydrogen-bond donors (Lipinski definition) is 1. The van der Waals surface area contributed by atoms with Gasteiger partial charge < -0.3 is 15.0 Å². The first kappa shape index (κ1) is 18.7. The first-order valence-corrected chi connectivity index (χ1v) is 9.91.